The molecule has 6 nitrogen and oxygen atoms in total. The van der Waals surface area contributed by atoms with Gasteiger partial charge in [0.25, 0.3) is 0 Å². The lowest BCUT2D eigenvalue weighted by Crippen LogP contribution is -2.08. The Hall–Kier alpha value is -1.21. The van der Waals surface area contributed by atoms with Gasteiger partial charge in [-0.1, -0.05) is 5.16 Å². The first-order chi connectivity index (χ1) is 6.70. The summed E-state index contributed by atoms with van der Waals surface area (Å²) in [6.07, 6.45) is 1.38. The second-order valence-corrected chi connectivity index (χ2v) is 2.96. The van der Waals surface area contributed by atoms with E-state index in [1.54, 1.807) is 12.5 Å². The van der Waals surface area contributed by atoms with Gasteiger partial charge in [0.15, 0.2) is 0 Å². The van der Waals surface area contributed by atoms with Gasteiger partial charge in [0.1, 0.15) is 0 Å². The number of allylic oxidation sites excluding steroid dienone is 1. The number of thioether (sulfide) groups is 1. The Labute approximate surface area is 86.2 Å². The molecule has 0 saturated heterocycles. The third-order valence-corrected chi connectivity index (χ3v) is 1.66. The largest absolute Gasteiger partial charge is 0.479 e. The van der Waals surface area contributed by atoms with Crippen molar-refractivity contribution in [2.24, 2.45) is 10.9 Å². The average molecular weight is 219 g/mol. The van der Waals surface area contributed by atoms with Crippen molar-refractivity contribution in [1.29, 1.82) is 0 Å². The van der Waals surface area contributed by atoms with E-state index in [1.165, 1.54) is 18.0 Å². The molecular weight excluding hydrogens is 206 g/mol. The SMILES string of the molecule is CNC(=C\SCN)/C=N/OCC(=O)O. The van der Waals surface area contributed by atoms with Crippen LogP contribution in [-0.4, -0.2) is 36.8 Å². The van der Waals surface area contributed by atoms with Gasteiger partial charge in [0, 0.05) is 12.9 Å². The highest BCUT2D eigenvalue weighted by Gasteiger charge is 1.93. The summed E-state index contributed by atoms with van der Waals surface area (Å²) in [6, 6.07) is 0. The molecule has 0 aromatic carbocycles. The maximum Gasteiger partial charge on any atom is 0.344 e. The molecule has 0 unspecified atom stereocenters. The van der Waals surface area contributed by atoms with Crippen LogP contribution in [0.3, 0.4) is 0 Å². The normalized spacial score (nSPS) is 11.7. The fourth-order valence-corrected chi connectivity index (χ4v) is 0.933. The molecule has 0 atom stereocenters. The minimum atomic E-state index is -1.06. The Morgan fingerprint density at radius 1 is 1.79 bits per heavy atom. The van der Waals surface area contributed by atoms with Gasteiger partial charge in [-0.15, -0.1) is 11.8 Å². The van der Waals surface area contributed by atoms with Crippen molar-refractivity contribution < 1.29 is 14.7 Å². The second kappa shape index (κ2) is 8.39. The van der Waals surface area contributed by atoms with Gasteiger partial charge < -0.3 is 21.0 Å². The van der Waals surface area contributed by atoms with Crippen molar-refractivity contribution >= 4 is 23.9 Å². The van der Waals surface area contributed by atoms with Gasteiger partial charge in [-0.3, -0.25) is 0 Å². The van der Waals surface area contributed by atoms with Gasteiger partial charge in [-0.05, 0) is 5.41 Å². The summed E-state index contributed by atoms with van der Waals surface area (Å²) in [5.74, 6) is -0.594. The number of carboxylic acid groups (broad SMARTS) is 1. The first kappa shape index (κ1) is 12.8. The van der Waals surface area contributed by atoms with Crippen LogP contribution in [0.2, 0.25) is 0 Å². The molecule has 0 fully saturated rings. The van der Waals surface area contributed by atoms with Crippen LogP contribution in [0.4, 0.5) is 0 Å². The quantitative estimate of drug-likeness (QED) is 0.311. The molecule has 7 heteroatoms. The Kier molecular flexibility index (Phi) is 7.67. The Morgan fingerprint density at radius 3 is 3.00 bits per heavy atom. The molecule has 0 aliphatic rings. The number of oxime groups is 1. The van der Waals surface area contributed by atoms with E-state index in [2.05, 4.69) is 15.3 Å². The minimum Gasteiger partial charge on any atom is -0.479 e. The topological polar surface area (TPSA) is 96.9 Å². The molecule has 4 N–H and O–H groups in total. The molecule has 14 heavy (non-hydrogen) atoms. The van der Waals surface area contributed by atoms with Crippen molar-refractivity contribution in [2.75, 3.05) is 19.5 Å². The molecule has 0 aliphatic carbocycles. The van der Waals surface area contributed by atoms with Gasteiger partial charge >= 0.3 is 5.97 Å². The van der Waals surface area contributed by atoms with E-state index >= 15 is 0 Å². The molecule has 0 bridgehead atoms. The van der Waals surface area contributed by atoms with Crippen LogP contribution in [0.25, 0.3) is 0 Å². The van der Waals surface area contributed by atoms with E-state index in [4.69, 9.17) is 10.8 Å². The van der Waals surface area contributed by atoms with Crippen LogP contribution >= 0.6 is 11.8 Å². The predicted octanol–water partition coefficient (Wildman–Crippen LogP) is -0.216. The van der Waals surface area contributed by atoms with Crippen molar-refractivity contribution in [3.8, 4) is 0 Å². The summed E-state index contributed by atoms with van der Waals surface area (Å²) in [6.45, 7) is -0.447. The third-order valence-electron chi connectivity index (χ3n) is 1.05. The minimum absolute atomic E-state index is 0.447. The number of carbonyl (C=O) groups is 1. The lowest BCUT2D eigenvalue weighted by Gasteiger charge is -1.98. The summed E-state index contributed by atoms with van der Waals surface area (Å²) in [5, 5.41) is 16.3. The van der Waals surface area contributed by atoms with E-state index in [-0.39, 0.29) is 0 Å². The van der Waals surface area contributed by atoms with Crippen LogP contribution in [0.15, 0.2) is 16.3 Å². The number of carboxylic acids is 1. The fourth-order valence-electron chi connectivity index (χ4n) is 0.478. The number of nitrogens with one attached hydrogen (secondary N) is 1. The molecule has 0 aromatic rings. The van der Waals surface area contributed by atoms with Crippen molar-refractivity contribution in [3.05, 3.63) is 11.1 Å². The standard InChI is InChI=1S/C7H13N3O3S/c1-9-6(4-14-5-8)2-10-13-3-7(11)12/h2,4,9H,3,5,8H2,1H3,(H,11,12)/b6-4-,10-2+. The highest BCUT2D eigenvalue weighted by Crippen LogP contribution is 2.00. The summed E-state index contributed by atoms with van der Waals surface area (Å²) in [7, 11) is 1.71. The first-order valence-electron chi connectivity index (χ1n) is 3.77. The second-order valence-electron chi connectivity index (χ2n) is 2.06. The Bertz CT molecular complexity index is 230. The number of hydrogen-bond donors (Lipinski definition) is 3. The Balaban J connectivity index is 3.85. The molecule has 0 spiro atoms. The molecule has 80 valence electrons. The fraction of sp³-hybridized carbons (Fsp3) is 0.429. The van der Waals surface area contributed by atoms with Gasteiger partial charge in [0.05, 0.1) is 11.9 Å². The summed E-state index contributed by atoms with van der Waals surface area (Å²) < 4.78 is 0. The monoisotopic (exact) mass is 219 g/mol. The lowest BCUT2D eigenvalue weighted by molar-refractivity contribution is -0.142. The molecule has 0 saturated carbocycles. The van der Waals surface area contributed by atoms with E-state index in [1.807, 2.05) is 0 Å². The van der Waals surface area contributed by atoms with Gasteiger partial charge in [0.2, 0.25) is 6.61 Å². The zero-order chi connectivity index (χ0) is 10.8. The van der Waals surface area contributed by atoms with Crippen molar-refractivity contribution in [2.45, 2.75) is 0 Å². The van der Waals surface area contributed by atoms with Crippen molar-refractivity contribution in [1.82, 2.24) is 5.32 Å². The zero-order valence-corrected chi connectivity index (χ0v) is 8.58. The van der Waals surface area contributed by atoms with Crippen molar-refractivity contribution in [3.63, 3.8) is 0 Å². The van der Waals surface area contributed by atoms with Crippen LogP contribution in [0, 0.1) is 0 Å². The maximum absolute atomic E-state index is 10.0. The summed E-state index contributed by atoms with van der Waals surface area (Å²) in [4.78, 5) is 14.5. The molecule has 0 aliphatic heterocycles. The maximum atomic E-state index is 10.0. The van der Waals surface area contributed by atoms with Crippen LogP contribution in [0.5, 0.6) is 0 Å². The molecule has 0 amide bonds. The molecule has 0 radical (unpaired) electrons. The van der Waals surface area contributed by atoms with E-state index in [0.717, 1.165) is 0 Å². The molecule has 0 rings (SSSR count). The number of nitrogens with two attached hydrogens (primary N) is 1. The summed E-state index contributed by atoms with van der Waals surface area (Å²) in [5.41, 5.74) is 5.96. The smallest absolute Gasteiger partial charge is 0.344 e. The van der Waals surface area contributed by atoms with Crippen LogP contribution < -0.4 is 11.1 Å². The lowest BCUT2D eigenvalue weighted by atomic mass is 10.5. The number of nitrogens with zero attached hydrogens (tertiary/aromatic N) is 1. The number of aliphatic carboxylic acids is 1. The van der Waals surface area contributed by atoms with E-state index in [9.17, 15) is 4.79 Å². The van der Waals surface area contributed by atoms with E-state index in [0.29, 0.717) is 11.6 Å². The van der Waals surface area contributed by atoms with Crippen LogP contribution in [-0.2, 0) is 9.63 Å². The number of hydrogen-bond acceptors (Lipinski definition) is 6. The molecular formula is C7H13N3O3S. The highest BCUT2D eigenvalue weighted by atomic mass is 32.2. The van der Waals surface area contributed by atoms with Crippen LogP contribution in [0.1, 0.15) is 0 Å². The summed E-state index contributed by atoms with van der Waals surface area (Å²) >= 11 is 1.40. The zero-order valence-electron chi connectivity index (χ0n) is 7.77. The highest BCUT2D eigenvalue weighted by molar-refractivity contribution is 8.02. The van der Waals surface area contributed by atoms with E-state index < -0.39 is 12.6 Å². The molecule has 0 aromatic heterocycles. The third kappa shape index (κ3) is 7.44. The number of rotatable bonds is 7. The molecule has 0 heterocycles. The Morgan fingerprint density at radius 2 is 2.50 bits per heavy atom. The predicted molar refractivity (Wildman–Crippen MR) is 55.9 cm³/mol. The van der Waals surface area contributed by atoms with Gasteiger partial charge in [-0.25, -0.2) is 4.79 Å². The van der Waals surface area contributed by atoms with Gasteiger partial charge in [-0.2, -0.15) is 0 Å². The first-order valence-corrected chi connectivity index (χ1v) is 4.82. The average Bonchev–Trinajstić information content (AvgIpc) is 2.16.